The Hall–Kier alpha value is -4.02. The Morgan fingerprint density at radius 2 is 1.91 bits per heavy atom. The molecule has 176 valence electrons. The summed E-state index contributed by atoms with van der Waals surface area (Å²) in [5.74, 6) is -3.11. The molecule has 0 saturated carbocycles. The molecule has 7 nitrogen and oxygen atoms in total. The van der Waals surface area contributed by atoms with Gasteiger partial charge in [0.15, 0.2) is 5.82 Å². The van der Waals surface area contributed by atoms with Crippen LogP contribution in [0.3, 0.4) is 0 Å². The van der Waals surface area contributed by atoms with E-state index in [1.165, 1.54) is 13.3 Å². The summed E-state index contributed by atoms with van der Waals surface area (Å²) in [6, 6.07) is 8.25. The minimum atomic E-state index is -4.51. The fourth-order valence-electron chi connectivity index (χ4n) is 3.69. The zero-order valence-corrected chi connectivity index (χ0v) is 18.0. The van der Waals surface area contributed by atoms with Crippen molar-refractivity contribution in [2.75, 3.05) is 23.9 Å². The molecule has 1 N–H and O–H groups in total. The van der Waals surface area contributed by atoms with Crippen molar-refractivity contribution in [3.8, 4) is 17.1 Å². The van der Waals surface area contributed by atoms with E-state index >= 15 is 0 Å². The van der Waals surface area contributed by atoms with Crippen LogP contribution >= 0.6 is 0 Å². The van der Waals surface area contributed by atoms with Gasteiger partial charge in [-0.1, -0.05) is 0 Å². The average Bonchev–Trinajstić information content (AvgIpc) is 2.88. The number of aromatic nitrogens is 2. The number of hydrogen-bond donors (Lipinski definition) is 1. The number of fused-ring (bicyclic) bond motifs is 3. The molecule has 11 heteroatoms. The Morgan fingerprint density at radius 1 is 1.21 bits per heavy atom. The van der Waals surface area contributed by atoms with Gasteiger partial charge in [-0.15, -0.1) is 0 Å². The first-order chi connectivity index (χ1) is 16.1. The number of benzene rings is 1. The Bertz CT molecular complexity index is 1260. The fourth-order valence-corrected chi connectivity index (χ4v) is 3.69. The second-order valence-electron chi connectivity index (χ2n) is 7.55. The molecule has 4 rings (SSSR count). The average molecular weight is 474 g/mol. The number of pyridine rings is 2. The monoisotopic (exact) mass is 474 g/mol. The van der Waals surface area contributed by atoms with Crippen LogP contribution in [0.2, 0.25) is 0 Å². The molecule has 1 aliphatic rings. The first-order valence-corrected chi connectivity index (χ1v) is 10.1. The number of hydrogen-bond acceptors (Lipinski definition) is 5. The minimum absolute atomic E-state index is 0.0458. The maximum Gasteiger partial charge on any atom is 0.416 e. The molecule has 0 radical (unpaired) electrons. The maximum atomic E-state index is 14.6. The molecule has 2 aromatic heterocycles. The minimum Gasteiger partial charge on any atom is -0.479 e. The van der Waals surface area contributed by atoms with E-state index < -0.39 is 41.8 Å². The van der Waals surface area contributed by atoms with Gasteiger partial charge < -0.3 is 15.0 Å². The number of alkyl halides is 3. The number of nitrogens with one attached hydrogen (secondary N) is 1. The molecule has 1 unspecified atom stereocenters. The number of methoxy groups -OCH3 is 1. The highest BCUT2D eigenvalue weighted by molar-refractivity contribution is 6.08. The third-order valence-corrected chi connectivity index (χ3v) is 5.35. The van der Waals surface area contributed by atoms with Gasteiger partial charge in [-0.2, -0.15) is 13.2 Å². The SMILES string of the molecule is COc1nc2c(cc1F)N(CC(=O)Nc1ccc(C(F)(F)F)cc1)C(=O)C(C)c1ncccc1-2. The zero-order valence-electron chi connectivity index (χ0n) is 18.0. The van der Waals surface area contributed by atoms with Gasteiger partial charge in [0, 0.05) is 23.5 Å². The highest BCUT2D eigenvalue weighted by atomic mass is 19.4. The first kappa shape index (κ1) is 23.1. The third-order valence-electron chi connectivity index (χ3n) is 5.35. The number of anilines is 2. The van der Waals surface area contributed by atoms with Crippen molar-refractivity contribution in [2.24, 2.45) is 0 Å². The largest absolute Gasteiger partial charge is 0.479 e. The van der Waals surface area contributed by atoms with Gasteiger partial charge in [-0.3, -0.25) is 14.6 Å². The lowest BCUT2D eigenvalue weighted by molar-refractivity contribution is -0.137. The number of carbonyl (C=O) groups is 2. The Balaban J connectivity index is 1.69. The van der Waals surface area contributed by atoms with Gasteiger partial charge in [-0.05, 0) is 43.3 Å². The van der Waals surface area contributed by atoms with E-state index in [4.69, 9.17) is 4.74 Å². The van der Waals surface area contributed by atoms with Crippen LogP contribution in [0, 0.1) is 5.82 Å². The van der Waals surface area contributed by atoms with Gasteiger partial charge in [-0.25, -0.2) is 9.37 Å². The molecule has 1 aliphatic heterocycles. The highest BCUT2D eigenvalue weighted by Crippen LogP contribution is 2.40. The molecule has 0 spiro atoms. The summed E-state index contributed by atoms with van der Waals surface area (Å²) in [4.78, 5) is 35.6. The van der Waals surface area contributed by atoms with Crippen LogP contribution < -0.4 is 15.0 Å². The zero-order chi connectivity index (χ0) is 24.6. The second-order valence-corrected chi connectivity index (χ2v) is 7.55. The van der Waals surface area contributed by atoms with Crippen LogP contribution in [0.1, 0.15) is 24.1 Å². The molecule has 1 atom stereocenters. The molecular weight excluding hydrogens is 456 g/mol. The Labute approximate surface area is 191 Å². The summed E-state index contributed by atoms with van der Waals surface area (Å²) in [7, 11) is 1.25. The van der Waals surface area contributed by atoms with Crippen molar-refractivity contribution in [1.82, 2.24) is 9.97 Å². The Kier molecular flexibility index (Phi) is 5.94. The molecule has 0 bridgehead atoms. The van der Waals surface area contributed by atoms with Gasteiger partial charge in [0.05, 0.1) is 30.0 Å². The van der Waals surface area contributed by atoms with Crippen LogP contribution in [-0.4, -0.2) is 35.4 Å². The van der Waals surface area contributed by atoms with Gasteiger partial charge in [0.2, 0.25) is 11.8 Å². The highest BCUT2D eigenvalue weighted by Gasteiger charge is 2.35. The molecule has 34 heavy (non-hydrogen) atoms. The van der Waals surface area contributed by atoms with E-state index in [2.05, 4.69) is 15.3 Å². The fraction of sp³-hybridized carbons (Fsp3) is 0.217. The van der Waals surface area contributed by atoms with Crippen molar-refractivity contribution >= 4 is 23.2 Å². The topological polar surface area (TPSA) is 84.4 Å². The van der Waals surface area contributed by atoms with Crippen molar-refractivity contribution in [2.45, 2.75) is 19.0 Å². The van der Waals surface area contributed by atoms with E-state index in [0.717, 1.165) is 35.2 Å². The quantitative estimate of drug-likeness (QED) is 0.567. The van der Waals surface area contributed by atoms with E-state index in [1.54, 1.807) is 19.1 Å². The normalized spacial score (nSPS) is 15.3. The van der Waals surface area contributed by atoms with Crippen molar-refractivity contribution < 1.29 is 31.9 Å². The van der Waals surface area contributed by atoms with E-state index in [-0.39, 0.29) is 22.9 Å². The number of halogens is 4. The number of ether oxygens (including phenoxy) is 1. The lowest BCUT2D eigenvalue weighted by Crippen LogP contribution is -2.40. The maximum absolute atomic E-state index is 14.6. The summed E-state index contributed by atoms with van der Waals surface area (Å²) in [5, 5.41) is 2.46. The number of amides is 2. The van der Waals surface area contributed by atoms with Crippen LogP contribution in [-0.2, 0) is 15.8 Å². The Morgan fingerprint density at radius 3 is 2.56 bits per heavy atom. The summed E-state index contributed by atoms with van der Waals surface area (Å²) in [6.07, 6.45) is -3.00. The van der Waals surface area contributed by atoms with Crippen molar-refractivity contribution in [3.05, 3.63) is 65.7 Å². The summed E-state index contributed by atoms with van der Waals surface area (Å²) in [6.45, 7) is 1.08. The first-order valence-electron chi connectivity index (χ1n) is 10.1. The number of rotatable bonds is 4. The van der Waals surface area contributed by atoms with E-state index in [1.807, 2.05) is 0 Å². The van der Waals surface area contributed by atoms with Crippen molar-refractivity contribution in [1.29, 1.82) is 0 Å². The predicted octanol–water partition coefficient (Wildman–Crippen LogP) is 4.40. The molecule has 0 fully saturated rings. The van der Waals surface area contributed by atoms with Crippen LogP contribution in [0.25, 0.3) is 11.3 Å². The summed E-state index contributed by atoms with van der Waals surface area (Å²) in [5.41, 5.74) is 0.392. The number of nitrogens with zero attached hydrogens (tertiary/aromatic N) is 3. The lowest BCUT2D eigenvalue weighted by Gasteiger charge is -2.24. The van der Waals surface area contributed by atoms with E-state index in [9.17, 15) is 27.2 Å². The smallest absolute Gasteiger partial charge is 0.416 e. The summed E-state index contributed by atoms with van der Waals surface area (Å²) < 4.78 is 57.9. The van der Waals surface area contributed by atoms with Gasteiger partial charge in [0.25, 0.3) is 5.88 Å². The van der Waals surface area contributed by atoms with Crippen LogP contribution in [0.15, 0.2) is 48.7 Å². The molecule has 3 aromatic rings. The molecular formula is C23H18F4N4O3. The van der Waals surface area contributed by atoms with Gasteiger partial charge >= 0.3 is 6.18 Å². The second kappa shape index (κ2) is 8.73. The standard InChI is InChI=1S/C23H18F4N4O3/c1-12-19-15(4-3-9-28-19)20-17(10-16(24)21(30-20)34-2)31(22(12)33)11-18(32)29-14-7-5-13(6-8-14)23(25,26)27/h3-10,12H,11H2,1-2H3,(H,29,32). The molecule has 0 saturated heterocycles. The van der Waals surface area contributed by atoms with E-state index in [0.29, 0.717) is 11.3 Å². The third kappa shape index (κ3) is 4.28. The number of carbonyl (C=O) groups excluding carboxylic acids is 2. The molecule has 2 amide bonds. The lowest BCUT2D eigenvalue weighted by atomic mass is 10.0. The molecule has 1 aromatic carbocycles. The summed E-state index contributed by atoms with van der Waals surface area (Å²) >= 11 is 0. The van der Waals surface area contributed by atoms with Crippen molar-refractivity contribution in [3.63, 3.8) is 0 Å². The predicted molar refractivity (Wildman–Crippen MR) is 115 cm³/mol. The van der Waals surface area contributed by atoms with Crippen LogP contribution in [0.5, 0.6) is 5.88 Å². The van der Waals surface area contributed by atoms with Gasteiger partial charge in [0.1, 0.15) is 12.2 Å². The molecule has 3 heterocycles. The molecule has 0 aliphatic carbocycles. The van der Waals surface area contributed by atoms with Crippen LogP contribution in [0.4, 0.5) is 28.9 Å².